The summed E-state index contributed by atoms with van der Waals surface area (Å²) < 4.78 is 5.05. The molecule has 0 saturated carbocycles. The average molecular weight is 364 g/mol. The third-order valence-corrected chi connectivity index (χ3v) is 4.31. The molecular weight excluding hydrogens is 346 g/mol. The smallest absolute Gasteiger partial charge is 0.276 e. The summed E-state index contributed by atoms with van der Waals surface area (Å²) in [6.45, 7) is 2.03. The van der Waals surface area contributed by atoms with E-state index in [1.807, 2.05) is 12.1 Å². The average Bonchev–Trinajstić information content (AvgIpc) is 3.19. The van der Waals surface area contributed by atoms with Crippen molar-refractivity contribution in [3.63, 3.8) is 0 Å². The molecule has 8 heteroatoms. The Bertz CT molecular complexity index is 774. The van der Waals surface area contributed by atoms with Crippen LogP contribution in [0.1, 0.15) is 28.4 Å². The van der Waals surface area contributed by atoms with Crippen LogP contribution in [-0.2, 0) is 11.3 Å². The van der Waals surface area contributed by atoms with Crippen LogP contribution >= 0.6 is 11.6 Å². The lowest BCUT2D eigenvalue weighted by Crippen LogP contribution is -2.45. The first kappa shape index (κ1) is 17.4. The molecule has 1 aromatic heterocycles. The third kappa shape index (κ3) is 4.00. The van der Waals surface area contributed by atoms with Crippen LogP contribution in [0, 0.1) is 6.92 Å². The lowest BCUT2D eigenvalue weighted by Gasteiger charge is -2.22. The molecule has 0 spiro atoms. The van der Waals surface area contributed by atoms with E-state index in [0.29, 0.717) is 17.5 Å². The highest BCUT2D eigenvalue weighted by Gasteiger charge is 2.39. The van der Waals surface area contributed by atoms with Crippen LogP contribution in [0.25, 0.3) is 0 Å². The molecule has 2 atom stereocenters. The van der Waals surface area contributed by atoms with Gasteiger partial charge in [-0.3, -0.25) is 9.59 Å². The maximum Gasteiger partial charge on any atom is 0.276 e. The first-order valence-corrected chi connectivity index (χ1v) is 8.25. The summed E-state index contributed by atoms with van der Waals surface area (Å²) >= 11 is 5.84. The van der Waals surface area contributed by atoms with Gasteiger partial charge in [-0.1, -0.05) is 23.7 Å². The zero-order valence-electron chi connectivity index (χ0n) is 13.6. The van der Waals surface area contributed by atoms with Crippen molar-refractivity contribution in [3.8, 4) is 0 Å². The number of likely N-dealkylation sites (tertiary alicyclic amines) is 1. The van der Waals surface area contributed by atoms with E-state index >= 15 is 0 Å². The van der Waals surface area contributed by atoms with Crippen molar-refractivity contribution >= 4 is 23.4 Å². The normalized spacial score (nSPS) is 19.9. The van der Waals surface area contributed by atoms with Gasteiger partial charge >= 0.3 is 0 Å². The van der Waals surface area contributed by atoms with Crippen LogP contribution in [0.4, 0.5) is 0 Å². The van der Waals surface area contributed by atoms with Crippen LogP contribution in [0.15, 0.2) is 34.9 Å². The van der Waals surface area contributed by atoms with Gasteiger partial charge in [-0.2, -0.15) is 0 Å². The van der Waals surface area contributed by atoms with Gasteiger partial charge < -0.3 is 19.7 Å². The minimum Gasteiger partial charge on any atom is -0.448 e. The lowest BCUT2D eigenvalue weighted by molar-refractivity contribution is -0.125. The van der Waals surface area contributed by atoms with Gasteiger partial charge in [-0.15, -0.1) is 0 Å². The van der Waals surface area contributed by atoms with Gasteiger partial charge in [0.15, 0.2) is 11.6 Å². The molecule has 1 aliphatic rings. The van der Waals surface area contributed by atoms with Crippen molar-refractivity contribution in [3.05, 3.63) is 52.7 Å². The minimum absolute atomic E-state index is 0.0871. The molecule has 1 fully saturated rings. The predicted molar refractivity (Wildman–Crippen MR) is 90.0 cm³/mol. The van der Waals surface area contributed by atoms with Gasteiger partial charge in [0.05, 0.1) is 6.10 Å². The number of nitrogens with zero attached hydrogens (tertiary/aromatic N) is 2. The van der Waals surface area contributed by atoms with E-state index in [1.165, 1.54) is 11.2 Å². The number of rotatable bonds is 4. The number of aliphatic hydroxyl groups is 1. The standard InChI is InChI=1S/C17H18ClN3O4/c1-10-20-14(9-25-10)17(24)21-8-13(22)6-15(21)16(23)19-7-11-2-4-12(18)5-3-11/h2-5,9,13,15,22H,6-8H2,1H3,(H,19,23). The lowest BCUT2D eigenvalue weighted by atomic mass is 10.1. The summed E-state index contributed by atoms with van der Waals surface area (Å²) in [5, 5.41) is 13.3. The Morgan fingerprint density at radius 1 is 1.40 bits per heavy atom. The Morgan fingerprint density at radius 2 is 2.12 bits per heavy atom. The predicted octanol–water partition coefficient (Wildman–Crippen LogP) is 1.53. The number of aryl methyl sites for hydroxylation is 1. The van der Waals surface area contributed by atoms with Crippen molar-refractivity contribution in [1.29, 1.82) is 0 Å². The number of aliphatic hydroxyl groups excluding tert-OH is 1. The summed E-state index contributed by atoms with van der Waals surface area (Å²) in [6.07, 6.45) is 0.698. The van der Waals surface area contributed by atoms with E-state index in [9.17, 15) is 14.7 Å². The summed E-state index contributed by atoms with van der Waals surface area (Å²) in [5.74, 6) is -0.382. The van der Waals surface area contributed by atoms with E-state index in [4.69, 9.17) is 16.0 Å². The van der Waals surface area contributed by atoms with Gasteiger partial charge in [0.25, 0.3) is 5.91 Å². The topological polar surface area (TPSA) is 95.7 Å². The monoisotopic (exact) mass is 363 g/mol. The molecule has 1 saturated heterocycles. The van der Waals surface area contributed by atoms with Crippen molar-refractivity contribution in [2.24, 2.45) is 0 Å². The molecule has 25 heavy (non-hydrogen) atoms. The number of carbonyl (C=O) groups is 2. The molecule has 0 aliphatic carbocycles. The SMILES string of the molecule is Cc1nc(C(=O)N2CC(O)CC2C(=O)NCc2ccc(Cl)cc2)co1. The number of benzene rings is 1. The van der Waals surface area contributed by atoms with E-state index in [0.717, 1.165) is 5.56 Å². The van der Waals surface area contributed by atoms with Gasteiger partial charge in [0.2, 0.25) is 5.91 Å². The number of hydrogen-bond donors (Lipinski definition) is 2. The molecular formula is C17H18ClN3O4. The summed E-state index contributed by atoms with van der Waals surface area (Å²) in [6, 6.07) is 6.36. The number of aromatic nitrogens is 1. The fraction of sp³-hybridized carbons (Fsp3) is 0.353. The van der Waals surface area contributed by atoms with Crippen molar-refractivity contribution in [1.82, 2.24) is 15.2 Å². The Kier molecular flexibility index (Phi) is 5.06. The number of halogens is 1. The Morgan fingerprint density at radius 3 is 2.76 bits per heavy atom. The number of β-amino-alcohol motifs (C(OH)–C–C–N with tert-alkyl or cyclic N) is 1. The second-order valence-electron chi connectivity index (χ2n) is 5.96. The maximum absolute atomic E-state index is 12.5. The van der Waals surface area contributed by atoms with Gasteiger partial charge in [-0.25, -0.2) is 4.98 Å². The molecule has 3 rings (SSSR count). The van der Waals surface area contributed by atoms with Crippen LogP contribution in [0.5, 0.6) is 0 Å². The molecule has 2 unspecified atom stereocenters. The Balaban J connectivity index is 1.67. The molecule has 0 bridgehead atoms. The Labute approximate surface area is 149 Å². The first-order valence-electron chi connectivity index (χ1n) is 7.87. The minimum atomic E-state index is -0.747. The van der Waals surface area contributed by atoms with E-state index < -0.39 is 18.1 Å². The molecule has 1 aromatic carbocycles. The highest BCUT2D eigenvalue weighted by molar-refractivity contribution is 6.30. The summed E-state index contributed by atoms with van der Waals surface area (Å²) in [7, 11) is 0. The van der Waals surface area contributed by atoms with Gasteiger partial charge in [0, 0.05) is 31.5 Å². The van der Waals surface area contributed by atoms with Crippen molar-refractivity contribution in [2.45, 2.75) is 32.0 Å². The fourth-order valence-corrected chi connectivity index (χ4v) is 2.93. The highest BCUT2D eigenvalue weighted by Crippen LogP contribution is 2.21. The second-order valence-corrected chi connectivity index (χ2v) is 6.40. The van der Waals surface area contributed by atoms with E-state index in [2.05, 4.69) is 10.3 Å². The van der Waals surface area contributed by atoms with Crippen LogP contribution < -0.4 is 5.32 Å². The second kappa shape index (κ2) is 7.25. The molecule has 2 amide bonds. The van der Waals surface area contributed by atoms with Gasteiger partial charge in [-0.05, 0) is 17.7 Å². The summed E-state index contributed by atoms with van der Waals surface area (Å²) in [5.41, 5.74) is 1.02. The summed E-state index contributed by atoms with van der Waals surface area (Å²) in [4.78, 5) is 30.4. The molecule has 2 N–H and O–H groups in total. The quantitative estimate of drug-likeness (QED) is 0.858. The largest absolute Gasteiger partial charge is 0.448 e. The number of oxazole rings is 1. The molecule has 2 aromatic rings. The zero-order chi connectivity index (χ0) is 18.0. The first-order chi connectivity index (χ1) is 11.9. The maximum atomic E-state index is 12.5. The highest BCUT2D eigenvalue weighted by atomic mass is 35.5. The third-order valence-electron chi connectivity index (χ3n) is 4.06. The van der Waals surface area contributed by atoms with Crippen LogP contribution in [-0.4, -0.2) is 45.5 Å². The van der Waals surface area contributed by atoms with Crippen molar-refractivity contribution < 1.29 is 19.1 Å². The number of amides is 2. The van der Waals surface area contributed by atoms with E-state index in [-0.39, 0.29) is 24.6 Å². The molecule has 0 radical (unpaired) electrons. The fourth-order valence-electron chi connectivity index (χ4n) is 2.80. The molecule has 7 nitrogen and oxygen atoms in total. The number of hydrogen-bond acceptors (Lipinski definition) is 5. The van der Waals surface area contributed by atoms with Gasteiger partial charge in [0.1, 0.15) is 12.3 Å². The van der Waals surface area contributed by atoms with E-state index in [1.54, 1.807) is 19.1 Å². The molecule has 132 valence electrons. The number of nitrogens with one attached hydrogen (secondary N) is 1. The van der Waals surface area contributed by atoms with Crippen molar-refractivity contribution in [2.75, 3.05) is 6.54 Å². The van der Waals surface area contributed by atoms with Crippen LogP contribution in [0.3, 0.4) is 0 Å². The van der Waals surface area contributed by atoms with Crippen LogP contribution in [0.2, 0.25) is 5.02 Å². The number of carbonyl (C=O) groups excluding carboxylic acids is 2. The Hall–Kier alpha value is -2.38. The molecule has 2 heterocycles. The zero-order valence-corrected chi connectivity index (χ0v) is 14.4. The molecule has 1 aliphatic heterocycles.